The Kier molecular flexibility index (Phi) is 5.19. The second-order valence-corrected chi connectivity index (χ2v) is 8.62. The van der Waals surface area contributed by atoms with Crippen LogP contribution in [0.2, 0.25) is 5.02 Å². The Morgan fingerprint density at radius 2 is 1.70 bits per heavy atom. The van der Waals surface area contributed by atoms with Crippen LogP contribution in [0.25, 0.3) is 16.8 Å². The van der Waals surface area contributed by atoms with Crippen molar-refractivity contribution in [2.75, 3.05) is 31.1 Å². The maximum Gasteiger partial charge on any atom is 0.286 e. The molecule has 30 heavy (non-hydrogen) atoms. The molecule has 0 unspecified atom stereocenters. The average molecular weight is 435 g/mol. The third-order valence-corrected chi connectivity index (χ3v) is 6.61. The Morgan fingerprint density at radius 1 is 0.933 bits per heavy atom. The monoisotopic (exact) mass is 434 g/mol. The second kappa shape index (κ2) is 8.13. The molecule has 5 rings (SSSR count). The maximum atomic E-state index is 12.5. The van der Waals surface area contributed by atoms with E-state index < -0.39 is 0 Å². The Bertz CT molecular complexity index is 1180. The van der Waals surface area contributed by atoms with E-state index in [1.807, 2.05) is 36.4 Å². The van der Waals surface area contributed by atoms with Crippen LogP contribution in [-0.2, 0) is 4.79 Å². The molecule has 150 valence electrons. The van der Waals surface area contributed by atoms with E-state index in [-0.39, 0.29) is 5.91 Å². The normalized spacial score (nSPS) is 18.4. The highest BCUT2D eigenvalue weighted by molar-refractivity contribution is 8.18. The molecular weight excluding hydrogens is 416 g/mol. The molecular formula is C23H19ClN4OS. The molecule has 0 N–H and O–H groups in total. The van der Waals surface area contributed by atoms with Crippen molar-refractivity contribution in [2.24, 2.45) is 4.99 Å². The number of thioether (sulfide) groups is 1. The maximum absolute atomic E-state index is 12.5. The van der Waals surface area contributed by atoms with Gasteiger partial charge in [-0.2, -0.15) is 4.99 Å². The smallest absolute Gasteiger partial charge is 0.286 e. The van der Waals surface area contributed by atoms with E-state index in [1.54, 1.807) is 6.20 Å². The zero-order chi connectivity index (χ0) is 20.5. The number of carbonyl (C=O) groups excluding carboxylic acids is 1. The minimum absolute atomic E-state index is 0.168. The number of aliphatic imine (C=N–C) groups is 1. The number of rotatable bonds is 2. The molecule has 0 radical (unpaired) electrons. The van der Waals surface area contributed by atoms with Gasteiger partial charge in [0.15, 0.2) is 5.17 Å². The Labute approximate surface area is 184 Å². The molecule has 1 saturated heterocycles. The zero-order valence-corrected chi connectivity index (χ0v) is 17.7. The van der Waals surface area contributed by atoms with Crippen LogP contribution in [0.15, 0.2) is 70.7 Å². The summed E-state index contributed by atoms with van der Waals surface area (Å²) in [6, 6.07) is 18.1. The van der Waals surface area contributed by atoms with Crippen molar-refractivity contribution < 1.29 is 4.79 Å². The lowest BCUT2D eigenvalue weighted by molar-refractivity contribution is -0.113. The van der Waals surface area contributed by atoms with Gasteiger partial charge in [-0.15, -0.1) is 0 Å². The summed E-state index contributed by atoms with van der Waals surface area (Å²) in [4.78, 5) is 26.2. The van der Waals surface area contributed by atoms with Crippen LogP contribution in [0.1, 0.15) is 5.56 Å². The van der Waals surface area contributed by atoms with Crippen LogP contribution >= 0.6 is 23.4 Å². The Hall–Kier alpha value is -2.83. The number of amides is 1. The number of aromatic nitrogens is 1. The summed E-state index contributed by atoms with van der Waals surface area (Å²) in [5.41, 5.74) is 1.01. The zero-order valence-electron chi connectivity index (χ0n) is 16.2. The molecule has 0 saturated carbocycles. The molecule has 7 heteroatoms. The number of hydrogen-bond donors (Lipinski definition) is 0. The van der Waals surface area contributed by atoms with E-state index in [1.165, 1.54) is 17.1 Å². The summed E-state index contributed by atoms with van der Waals surface area (Å²) in [5, 5.41) is 3.79. The average Bonchev–Trinajstić information content (AvgIpc) is 3.14. The van der Waals surface area contributed by atoms with Gasteiger partial charge in [0, 0.05) is 32.4 Å². The molecule has 0 atom stereocenters. The molecule has 2 aliphatic rings. The van der Waals surface area contributed by atoms with Gasteiger partial charge in [0.25, 0.3) is 5.91 Å². The van der Waals surface area contributed by atoms with E-state index >= 15 is 0 Å². The molecule has 0 aliphatic carbocycles. The number of halogens is 1. The van der Waals surface area contributed by atoms with E-state index in [2.05, 4.69) is 44.0 Å². The lowest BCUT2D eigenvalue weighted by Crippen LogP contribution is -2.48. The van der Waals surface area contributed by atoms with Gasteiger partial charge in [-0.25, -0.2) is 4.98 Å². The van der Waals surface area contributed by atoms with Crippen molar-refractivity contribution in [3.63, 3.8) is 0 Å². The van der Waals surface area contributed by atoms with Gasteiger partial charge < -0.3 is 9.80 Å². The number of benzene rings is 2. The molecule has 0 bridgehead atoms. The minimum atomic E-state index is -0.168. The third kappa shape index (κ3) is 3.80. The largest absolute Gasteiger partial charge is 0.352 e. The predicted octanol–water partition coefficient (Wildman–Crippen LogP) is 4.68. The van der Waals surface area contributed by atoms with Gasteiger partial charge in [0.1, 0.15) is 5.82 Å². The van der Waals surface area contributed by atoms with Crippen LogP contribution in [0.4, 0.5) is 5.82 Å². The number of carbonyl (C=O) groups is 1. The SMILES string of the molecule is O=C1N=C(N2CCN(c3ncccc3Cl)CC2)S/C1=C/c1ccc2ccccc2c1. The molecule has 2 aromatic carbocycles. The fourth-order valence-corrected chi connectivity index (χ4v) is 4.91. The van der Waals surface area contributed by atoms with Gasteiger partial charge in [0.05, 0.1) is 9.93 Å². The van der Waals surface area contributed by atoms with Gasteiger partial charge in [-0.1, -0.05) is 48.0 Å². The first-order chi connectivity index (χ1) is 14.7. The first kappa shape index (κ1) is 19.2. The lowest BCUT2D eigenvalue weighted by Gasteiger charge is -2.36. The van der Waals surface area contributed by atoms with Gasteiger partial charge in [0.2, 0.25) is 0 Å². The van der Waals surface area contributed by atoms with E-state index in [4.69, 9.17) is 11.6 Å². The van der Waals surface area contributed by atoms with E-state index in [9.17, 15) is 4.79 Å². The number of amidine groups is 1. The first-order valence-electron chi connectivity index (χ1n) is 9.79. The van der Waals surface area contributed by atoms with Crippen molar-refractivity contribution in [1.82, 2.24) is 9.88 Å². The number of piperazine rings is 1. The molecule has 5 nitrogen and oxygen atoms in total. The number of pyridine rings is 1. The van der Waals surface area contributed by atoms with Crippen molar-refractivity contribution in [3.05, 3.63) is 76.3 Å². The highest BCUT2D eigenvalue weighted by Crippen LogP contribution is 2.32. The second-order valence-electron chi connectivity index (χ2n) is 7.20. The summed E-state index contributed by atoms with van der Waals surface area (Å²) in [6.45, 7) is 3.12. The minimum Gasteiger partial charge on any atom is -0.352 e. The Balaban J connectivity index is 1.27. The third-order valence-electron chi connectivity index (χ3n) is 5.27. The summed E-state index contributed by atoms with van der Waals surface area (Å²) in [7, 11) is 0. The highest BCUT2D eigenvalue weighted by atomic mass is 35.5. The Morgan fingerprint density at radius 3 is 2.50 bits per heavy atom. The predicted molar refractivity (Wildman–Crippen MR) is 125 cm³/mol. The number of nitrogens with zero attached hydrogens (tertiary/aromatic N) is 4. The topological polar surface area (TPSA) is 48.8 Å². The van der Waals surface area contributed by atoms with Crippen LogP contribution < -0.4 is 4.90 Å². The van der Waals surface area contributed by atoms with Gasteiger partial charge >= 0.3 is 0 Å². The van der Waals surface area contributed by atoms with Crippen LogP contribution in [-0.4, -0.2) is 47.1 Å². The summed E-state index contributed by atoms with van der Waals surface area (Å²) >= 11 is 7.73. The van der Waals surface area contributed by atoms with E-state index in [0.29, 0.717) is 9.93 Å². The standard InChI is InChI=1S/C23H19ClN4OS/c24-19-6-3-9-25-21(19)27-10-12-28(13-11-27)23-26-22(29)20(30-23)15-16-7-8-17-4-1-2-5-18(17)14-16/h1-9,14-15H,10-13H2/b20-15+. The number of hydrogen-bond acceptors (Lipinski definition) is 5. The number of fused-ring (bicyclic) bond motifs is 1. The fourth-order valence-electron chi connectivity index (χ4n) is 3.70. The highest BCUT2D eigenvalue weighted by Gasteiger charge is 2.29. The number of anilines is 1. The summed E-state index contributed by atoms with van der Waals surface area (Å²) in [5.74, 6) is 0.645. The van der Waals surface area contributed by atoms with Gasteiger partial charge in [-0.05, 0) is 52.4 Å². The molecule has 1 fully saturated rings. The van der Waals surface area contributed by atoms with Gasteiger partial charge in [-0.3, -0.25) is 4.79 Å². The van der Waals surface area contributed by atoms with Crippen LogP contribution in [0.5, 0.6) is 0 Å². The lowest BCUT2D eigenvalue weighted by atomic mass is 10.1. The first-order valence-corrected chi connectivity index (χ1v) is 11.0. The van der Waals surface area contributed by atoms with Crippen molar-refractivity contribution in [3.8, 4) is 0 Å². The van der Waals surface area contributed by atoms with Crippen molar-refractivity contribution >= 4 is 57.1 Å². The summed E-state index contributed by atoms with van der Waals surface area (Å²) in [6.07, 6.45) is 3.69. The molecule has 2 aliphatic heterocycles. The molecule has 1 amide bonds. The quantitative estimate of drug-likeness (QED) is 0.548. The molecule has 3 heterocycles. The molecule has 0 spiro atoms. The van der Waals surface area contributed by atoms with Crippen LogP contribution in [0, 0.1) is 0 Å². The molecule has 3 aromatic rings. The van der Waals surface area contributed by atoms with Crippen molar-refractivity contribution in [1.29, 1.82) is 0 Å². The van der Waals surface area contributed by atoms with Crippen LogP contribution in [0.3, 0.4) is 0 Å². The van der Waals surface area contributed by atoms with E-state index in [0.717, 1.165) is 48.1 Å². The summed E-state index contributed by atoms with van der Waals surface area (Å²) < 4.78 is 0. The van der Waals surface area contributed by atoms with Crippen molar-refractivity contribution in [2.45, 2.75) is 0 Å². The molecule has 1 aromatic heterocycles. The fraction of sp³-hybridized carbons (Fsp3) is 0.174.